The molecule has 3 aromatic carbocycles. The molecule has 0 bridgehead atoms. The molecular weight excluding hydrogens is 593 g/mol. The first-order valence-electron chi connectivity index (χ1n) is 14.1. The van der Waals surface area contributed by atoms with Crippen molar-refractivity contribution in [2.75, 3.05) is 17.1 Å². The number of carbonyl (C=O) groups is 2. The predicted molar refractivity (Wildman–Crippen MR) is 169 cm³/mol. The largest absolute Gasteiger partial charge is 0.352 e. The van der Waals surface area contributed by atoms with Crippen LogP contribution in [0, 0.1) is 13.8 Å². The van der Waals surface area contributed by atoms with Crippen molar-refractivity contribution in [2.45, 2.75) is 64.6 Å². The number of amides is 2. The highest BCUT2D eigenvalue weighted by Gasteiger charge is 2.34. The lowest BCUT2D eigenvalue weighted by Gasteiger charge is -2.34. The Labute approximate surface area is 258 Å². The van der Waals surface area contributed by atoms with Crippen LogP contribution in [0.2, 0.25) is 10.0 Å². The van der Waals surface area contributed by atoms with E-state index in [9.17, 15) is 18.0 Å². The zero-order chi connectivity index (χ0) is 30.4. The predicted octanol–water partition coefficient (Wildman–Crippen LogP) is 6.08. The van der Waals surface area contributed by atoms with Crippen molar-refractivity contribution in [3.8, 4) is 0 Å². The lowest BCUT2D eigenvalue weighted by Crippen LogP contribution is -2.54. The Morgan fingerprint density at radius 1 is 0.905 bits per heavy atom. The minimum absolute atomic E-state index is 0.0374. The van der Waals surface area contributed by atoms with E-state index in [4.69, 9.17) is 23.2 Å². The van der Waals surface area contributed by atoms with Crippen molar-refractivity contribution >= 4 is 50.7 Å². The van der Waals surface area contributed by atoms with Crippen molar-refractivity contribution in [1.29, 1.82) is 0 Å². The van der Waals surface area contributed by atoms with E-state index in [1.165, 1.54) is 4.90 Å². The molecule has 0 radical (unpaired) electrons. The van der Waals surface area contributed by atoms with Gasteiger partial charge in [0.25, 0.3) is 0 Å². The van der Waals surface area contributed by atoms with Crippen LogP contribution in [0.3, 0.4) is 0 Å². The second-order valence-electron chi connectivity index (χ2n) is 11.0. The number of nitrogens with zero attached hydrogens (tertiary/aromatic N) is 2. The molecular formula is C32H37Cl2N3O4S. The van der Waals surface area contributed by atoms with E-state index in [0.717, 1.165) is 52.9 Å². The second-order valence-corrected chi connectivity index (χ2v) is 13.7. The molecule has 1 unspecified atom stereocenters. The smallest absolute Gasteiger partial charge is 0.244 e. The van der Waals surface area contributed by atoms with Gasteiger partial charge in [-0.2, -0.15) is 0 Å². The van der Waals surface area contributed by atoms with Crippen LogP contribution in [0.15, 0.2) is 66.7 Å². The number of benzene rings is 3. The number of nitrogens with one attached hydrogen (secondary N) is 1. The van der Waals surface area contributed by atoms with Crippen LogP contribution in [-0.2, 0) is 32.6 Å². The molecule has 1 fully saturated rings. The number of para-hydroxylation sites is 1. The number of hydrogen-bond acceptors (Lipinski definition) is 4. The van der Waals surface area contributed by atoms with Crippen molar-refractivity contribution < 1.29 is 18.0 Å². The summed E-state index contributed by atoms with van der Waals surface area (Å²) in [4.78, 5) is 29.7. The summed E-state index contributed by atoms with van der Waals surface area (Å²) in [5.41, 5.74) is 3.46. The first-order valence-corrected chi connectivity index (χ1v) is 16.7. The van der Waals surface area contributed by atoms with Gasteiger partial charge in [0.05, 0.1) is 22.0 Å². The van der Waals surface area contributed by atoms with Gasteiger partial charge < -0.3 is 10.2 Å². The Morgan fingerprint density at radius 3 is 2.14 bits per heavy atom. The number of hydrogen-bond donors (Lipinski definition) is 1. The molecule has 0 saturated heterocycles. The lowest BCUT2D eigenvalue weighted by atomic mass is 10.0. The van der Waals surface area contributed by atoms with Crippen LogP contribution in [0.4, 0.5) is 5.69 Å². The highest BCUT2D eigenvalue weighted by Crippen LogP contribution is 2.28. The molecule has 7 nitrogen and oxygen atoms in total. The number of carbonyl (C=O) groups excluding carboxylic acids is 2. The number of sulfonamides is 1. The van der Waals surface area contributed by atoms with Crippen LogP contribution in [0.25, 0.3) is 0 Å². The van der Waals surface area contributed by atoms with E-state index >= 15 is 0 Å². The van der Waals surface area contributed by atoms with E-state index in [2.05, 4.69) is 5.32 Å². The molecule has 10 heteroatoms. The van der Waals surface area contributed by atoms with Gasteiger partial charge in [0, 0.05) is 19.0 Å². The Kier molecular flexibility index (Phi) is 10.6. The summed E-state index contributed by atoms with van der Waals surface area (Å²) >= 11 is 12.5. The first kappa shape index (κ1) is 31.9. The molecule has 2 amide bonds. The fourth-order valence-electron chi connectivity index (χ4n) is 5.53. The number of aryl methyl sites for hydroxylation is 2. The van der Waals surface area contributed by atoms with Crippen molar-refractivity contribution in [3.63, 3.8) is 0 Å². The van der Waals surface area contributed by atoms with Crippen LogP contribution >= 0.6 is 23.2 Å². The molecule has 3 aromatic rings. The topological polar surface area (TPSA) is 86.8 Å². The average Bonchev–Trinajstić information content (AvgIpc) is 3.45. The summed E-state index contributed by atoms with van der Waals surface area (Å²) in [6.07, 6.45) is 5.20. The lowest BCUT2D eigenvalue weighted by molar-refractivity contribution is -0.140. The summed E-state index contributed by atoms with van der Waals surface area (Å²) in [5.74, 6) is -0.770. The zero-order valence-corrected chi connectivity index (χ0v) is 26.5. The van der Waals surface area contributed by atoms with Crippen molar-refractivity contribution in [3.05, 3.63) is 99.0 Å². The zero-order valence-electron chi connectivity index (χ0n) is 24.1. The Hall–Kier alpha value is -3.07. The molecule has 0 aliphatic heterocycles. The van der Waals surface area contributed by atoms with Crippen molar-refractivity contribution in [2.24, 2.45) is 0 Å². The molecule has 0 heterocycles. The standard InChI is InChI=1S/C32H37Cl2N3O4S/c1-22-10-9-11-23(2)31(22)37(42(3,40)41)21-30(38)36(20-25-16-17-27(33)28(34)18-25)29(19-24-12-5-4-6-13-24)32(39)35-26-14-7-8-15-26/h4-6,9-13,16-18,26,29H,7-8,14-15,19-21H2,1-3H3,(H,35,39). The molecule has 224 valence electrons. The van der Waals surface area contributed by atoms with Gasteiger partial charge in [-0.3, -0.25) is 13.9 Å². The van der Waals surface area contributed by atoms with E-state index in [1.54, 1.807) is 18.2 Å². The third-order valence-corrected chi connectivity index (χ3v) is 9.53. The molecule has 1 atom stereocenters. The number of rotatable bonds is 11. The summed E-state index contributed by atoms with van der Waals surface area (Å²) in [7, 11) is -3.85. The highest BCUT2D eigenvalue weighted by atomic mass is 35.5. The summed E-state index contributed by atoms with van der Waals surface area (Å²) < 4.78 is 27.3. The van der Waals surface area contributed by atoms with Gasteiger partial charge in [-0.1, -0.05) is 90.6 Å². The average molecular weight is 631 g/mol. The fourth-order valence-corrected chi connectivity index (χ4v) is 6.82. The van der Waals surface area contributed by atoms with Gasteiger partial charge >= 0.3 is 0 Å². The maximum Gasteiger partial charge on any atom is 0.244 e. The maximum atomic E-state index is 14.3. The highest BCUT2D eigenvalue weighted by molar-refractivity contribution is 7.92. The third-order valence-electron chi connectivity index (χ3n) is 7.68. The van der Waals surface area contributed by atoms with Gasteiger partial charge in [-0.25, -0.2) is 8.42 Å². The number of halogens is 2. The minimum Gasteiger partial charge on any atom is -0.352 e. The van der Waals surface area contributed by atoms with E-state index in [1.807, 2.05) is 62.4 Å². The van der Waals surface area contributed by atoms with Crippen molar-refractivity contribution in [1.82, 2.24) is 10.2 Å². The second kappa shape index (κ2) is 13.9. The Balaban J connectivity index is 1.77. The van der Waals surface area contributed by atoms with E-state index in [-0.39, 0.29) is 24.9 Å². The molecule has 0 aromatic heterocycles. The monoisotopic (exact) mass is 629 g/mol. The van der Waals surface area contributed by atoms with Gasteiger partial charge in [-0.05, 0) is 61.1 Å². The van der Waals surface area contributed by atoms with Crippen LogP contribution in [-0.4, -0.2) is 50.0 Å². The molecule has 1 N–H and O–H groups in total. The normalized spacial score (nSPS) is 14.4. The first-order chi connectivity index (χ1) is 19.9. The molecule has 42 heavy (non-hydrogen) atoms. The SMILES string of the molecule is Cc1cccc(C)c1N(CC(=O)N(Cc1ccc(Cl)c(Cl)c1)C(Cc1ccccc1)C(=O)NC1CCCC1)S(C)(=O)=O. The quantitative estimate of drug-likeness (QED) is 0.279. The summed E-state index contributed by atoms with van der Waals surface area (Å²) in [5, 5.41) is 3.86. The van der Waals surface area contributed by atoms with Gasteiger partial charge in [0.15, 0.2) is 0 Å². The Morgan fingerprint density at radius 2 is 1.55 bits per heavy atom. The molecule has 1 aliphatic rings. The molecule has 1 aliphatic carbocycles. The number of anilines is 1. The molecule has 4 rings (SSSR count). The van der Waals surface area contributed by atoms with Gasteiger partial charge in [0.2, 0.25) is 21.8 Å². The Bertz CT molecular complexity index is 1510. The van der Waals surface area contributed by atoms with Gasteiger partial charge in [-0.15, -0.1) is 0 Å². The van der Waals surface area contributed by atoms with Crippen LogP contribution < -0.4 is 9.62 Å². The van der Waals surface area contributed by atoms with Crippen LogP contribution in [0.5, 0.6) is 0 Å². The van der Waals surface area contributed by atoms with Gasteiger partial charge in [0.1, 0.15) is 12.6 Å². The minimum atomic E-state index is -3.85. The summed E-state index contributed by atoms with van der Waals surface area (Å²) in [6.45, 7) is 3.20. The summed E-state index contributed by atoms with van der Waals surface area (Å²) in [6, 6.07) is 19.2. The van der Waals surface area contributed by atoms with E-state index in [0.29, 0.717) is 21.3 Å². The van der Waals surface area contributed by atoms with E-state index < -0.39 is 28.5 Å². The molecule has 1 saturated carbocycles. The third kappa shape index (κ3) is 8.06. The van der Waals surface area contributed by atoms with Crippen LogP contribution in [0.1, 0.15) is 47.9 Å². The fraction of sp³-hybridized carbons (Fsp3) is 0.375. The maximum absolute atomic E-state index is 14.3. The molecule has 0 spiro atoms.